The lowest BCUT2D eigenvalue weighted by Crippen LogP contribution is -2.38. The van der Waals surface area contributed by atoms with E-state index in [0.29, 0.717) is 5.82 Å². The van der Waals surface area contributed by atoms with Crippen LogP contribution in [0.5, 0.6) is 0 Å². The quantitative estimate of drug-likeness (QED) is 0.769. The molecule has 0 atom stereocenters. The van der Waals surface area contributed by atoms with E-state index in [-0.39, 0.29) is 0 Å². The van der Waals surface area contributed by atoms with Gasteiger partial charge in [-0.3, -0.25) is 9.58 Å². The lowest BCUT2D eigenvalue weighted by atomic mass is 10.4. The van der Waals surface area contributed by atoms with Gasteiger partial charge in [-0.25, -0.2) is 0 Å². The standard InChI is InChI=1S/C10H18N4O/c1-9-8-14(12-10(9)11)3-2-13-4-6-15-7-5-13/h8H,2-7H2,1H3,(H2,11,12). The first kappa shape index (κ1) is 10.4. The highest BCUT2D eigenvalue weighted by molar-refractivity contribution is 5.35. The summed E-state index contributed by atoms with van der Waals surface area (Å²) in [7, 11) is 0. The highest BCUT2D eigenvalue weighted by Gasteiger charge is 2.10. The maximum absolute atomic E-state index is 5.68. The number of aromatic nitrogens is 2. The number of nitrogens with zero attached hydrogens (tertiary/aromatic N) is 3. The normalized spacial score (nSPS) is 18.2. The highest BCUT2D eigenvalue weighted by Crippen LogP contribution is 2.06. The number of anilines is 1. The molecule has 1 aromatic rings. The van der Waals surface area contributed by atoms with Gasteiger partial charge in [0.05, 0.1) is 19.8 Å². The molecule has 0 amide bonds. The number of hydrogen-bond donors (Lipinski definition) is 1. The van der Waals surface area contributed by atoms with E-state index in [1.165, 1.54) is 0 Å². The van der Waals surface area contributed by atoms with Crippen LogP contribution in [0.1, 0.15) is 5.56 Å². The molecule has 0 aliphatic carbocycles. The number of rotatable bonds is 3. The fourth-order valence-electron chi connectivity index (χ4n) is 1.72. The van der Waals surface area contributed by atoms with Gasteiger partial charge in [0.1, 0.15) is 5.82 Å². The summed E-state index contributed by atoms with van der Waals surface area (Å²) in [5.41, 5.74) is 6.74. The Morgan fingerprint density at radius 3 is 2.73 bits per heavy atom. The van der Waals surface area contributed by atoms with Crippen molar-refractivity contribution in [2.75, 3.05) is 38.6 Å². The molecule has 84 valence electrons. The van der Waals surface area contributed by atoms with Gasteiger partial charge in [-0.05, 0) is 6.92 Å². The van der Waals surface area contributed by atoms with Crippen molar-refractivity contribution in [3.63, 3.8) is 0 Å². The van der Waals surface area contributed by atoms with E-state index in [1.54, 1.807) is 0 Å². The Kier molecular flexibility index (Phi) is 3.23. The Balaban J connectivity index is 1.81. The maximum Gasteiger partial charge on any atom is 0.148 e. The second kappa shape index (κ2) is 4.63. The van der Waals surface area contributed by atoms with Crippen molar-refractivity contribution in [3.8, 4) is 0 Å². The first-order valence-electron chi connectivity index (χ1n) is 5.35. The zero-order chi connectivity index (χ0) is 10.7. The van der Waals surface area contributed by atoms with E-state index in [9.17, 15) is 0 Å². The summed E-state index contributed by atoms with van der Waals surface area (Å²) in [4.78, 5) is 2.39. The summed E-state index contributed by atoms with van der Waals surface area (Å²) in [6.07, 6.45) is 2.00. The molecule has 2 rings (SSSR count). The summed E-state index contributed by atoms with van der Waals surface area (Å²) in [6, 6.07) is 0. The van der Waals surface area contributed by atoms with Crippen LogP contribution in [-0.2, 0) is 11.3 Å². The zero-order valence-electron chi connectivity index (χ0n) is 9.15. The molecule has 0 radical (unpaired) electrons. The number of hydrogen-bond acceptors (Lipinski definition) is 4. The van der Waals surface area contributed by atoms with Crippen LogP contribution in [0.2, 0.25) is 0 Å². The number of ether oxygens (including phenoxy) is 1. The third-order valence-electron chi connectivity index (χ3n) is 2.73. The minimum Gasteiger partial charge on any atom is -0.382 e. The average Bonchev–Trinajstić information content (AvgIpc) is 2.57. The number of nitrogens with two attached hydrogens (primary N) is 1. The van der Waals surface area contributed by atoms with E-state index < -0.39 is 0 Å². The number of nitrogen functional groups attached to an aromatic ring is 1. The SMILES string of the molecule is Cc1cn(CCN2CCOCC2)nc1N. The second-order valence-corrected chi connectivity index (χ2v) is 3.91. The summed E-state index contributed by atoms with van der Waals surface area (Å²) in [6.45, 7) is 7.64. The summed E-state index contributed by atoms with van der Waals surface area (Å²) in [5, 5.41) is 4.23. The van der Waals surface area contributed by atoms with Gasteiger partial charge in [-0.1, -0.05) is 0 Å². The van der Waals surface area contributed by atoms with Crippen LogP contribution in [0.3, 0.4) is 0 Å². The van der Waals surface area contributed by atoms with Gasteiger partial charge >= 0.3 is 0 Å². The van der Waals surface area contributed by atoms with E-state index in [4.69, 9.17) is 10.5 Å². The minimum atomic E-state index is 0.636. The molecule has 0 spiro atoms. The van der Waals surface area contributed by atoms with Crippen LogP contribution in [0, 0.1) is 6.92 Å². The third-order valence-corrected chi connectivity index (χ3v) is 2.73. The molecule has 0 bridgehead atoms. The topological polar surface area (TPSA) is 56.3 Å². The Hall–Kier alpha value is -1.07. The van der Waals surface area contributed by atoms with Crippen molar-refractivity contribution in [2.24, 2.45) is 0 Å². The summed E-state index contributed by atoms with van der Waals surface area (Å²) < 4.78 is 7.21. The predicted octanol–water partition coefficient (Wildman–Crippen LogP) is 0.106. The Labute approximate surface area is 89.8 Å². The second-order valence-electron chi connectivity index (χ2n) is 3.91. The molecule has 0 saturated carbocycles. The smallest absolute Gasteiger partial charge is 0.148 e. The Bertz CT molecular complexity index is 298. The van der Waals surface area contributed by atoms with Gasteiger partial charge < -0.3 is 10.5 Å². The molecular formula is C10H18N4O. The first-order valence-corrected chi connectivity index (χ1v) is 5.35. The largest absolute Gasteiger partial charge is 0.382 e. The van der Waals surface area contributed by atoms with Crippen LogP contribution in [-0.4, -0.2) is 47.5 Å². The fraction of sp³-hybridized carbons (Fsp3) is 0.700. The van der Waals surface area contributed by atoms with Gasteiger partial charge in [0.15, 0.2) is 0 Å². The van der Waals surface area contributed by atoms with Crippen LogP contribution >= 0.6 is 0 Å². The molecule has 0 unspecified atom stereocenters. The molecule has 1 fully saturated rings. The first-order chi connectivity index (χ1) is 7.25. The lowest BCUT2D eigenvalue weighted by molar-refractivity contribution is 0.0360. The van der Waals surface area contributed by atoms with Crippen LogP contribution in [0.15, 0.2) is 6.20 Å². The molecule has 1 saturated heterocycles. The molecule has 5 heteroatoms. The highest BCUT2D eigenvalue weighted by atomic mass is 16.5. The van der Waals surface area contributed by atoms with Crippen molar-refractivity contribution < 1.29 is 4.74 Å². The number of morpholine rings is 1. The summed E-state index contributed by atoms with van der Waals surface area (Å²) in [5.74, 6) is 0.636. The van der Waals surface area contributed by atoms with Crippen molar-refractivity contribution >= 4 is 5.82 Å². The third kappa shape index (κ3) is 2.70. The zero-order valence-corrected chi connectivity index (χ0v) is 9.15. The fourth-order valence-corrected chi connectivity index (χ4v) is 1.72. The predicted molar refractivity (Wildman–Crippen MR) is 58.6 cm³/mol. The molecule has 1 aliphatic rings. The van der Waals surface area contributed by atoms with Gasteiger partial charge in [0.2, 0.25) is 0 Å². The molecule has 5 nitrogen and oxygen atoms in total. The molecule has 2 N–H and O–H groups in total. The van der Waals surface area contributed by atoms with Crippen LogP contribution in [0.4, 0.5) is 5.82 Å². The average molecular weight is 210 g/mol. The van der Waals surface area contributed by atoms with Gasteiger partial charge in [0.25, 0.3) is 0 Å². The van der Waals surface area contributed by atoms with Gasteiger partial charge in [-0.2, -0.15) is 5.10 Å². The Morgan fingerprint density at radius 2 is 2.13 bits per heavy atom. The van der Waals surface area contributed by atoms with E-state index >= 15 is 0 Å². The maximum atomic E-state index is 5.68. The van der Waals surface area contributed by atoms with Crippen molar-refractivity contribution in [2.45, 2.75) is 13.5 Å². The molecule has 1 aromatic heterocycles. The van der Waals surface area contributed by atoms with Crippen LogP contribution in [0.25, 0.3) is 0 Å². The molecule has 15 heavy (non-hydrogen) atoms. The van der Waals surface area contributed by atoms with E-state index in [1.807, 2.05) is 17.8 Å². The molecular weight excluding hydrogens is 192 g/mol. The van der Waals surface area contributed by atoms with Crippen LogP contribution < -0.4 is 5.73 Å². The van der Waals surface area contributed by atoms with Crippen molar-refractivity contribution in [3.05, 3.63) is 11.8 Å². The van der Waals surface area contributed by atoms with E-state index in [2.05, 4.69) is 10.00 Å². The number of aryl methyl sites for hydroxylation is 1. The molecule has 1 aliphatic heterocycles. The summed E-state index contributed by atoms with van der Waals surface area (Å²) >= 11 is 0. The van der Waals surface area contributed by atoms with Gasteiger partial charge in [-0.15, -0.1) is 0 Å². The van der Waals surface area contributed by atoms with Crippen molar-refractivity contribution in [1.82, 2.24) is 14.7 Å². The lowest BCUT2D eigenvalue weighted by Gasteiger charge is -2.26. The minimum absolute atomic E-state index is 0.636. The van der Waals surface area contributed by atoms with Crippen molar-refractivity contribution in [1.29, 1.82) is 0 Å². The molecule has 0 aromatic carbocycles. The molecule has 2 heterocycles. The van der Waals surface area contributed by atoms with Gasteiger partial charge in [0, 0.05) is 31.4 Å². The van der Waals surface area contributed by atoms with E-state index in [0.717, 1.165) is 45.0 Å². The Morgan fingerprint density at radius 1 is 1.40 bits per heavy atom. The monoisotopic (exact) mass is 210 g/mol.